The molecule has 0 radical (unpaired) electrons. The van der Waals surface area contributed by atoms with Crippen molar-refractivity contribution in [3.05, 3.63) is 59.9 Å². The van der Waals surface area contributed by atoms with Crippen LogP contribution in [0.3, 0.4) is 0 Å². The first-order valence-electron chi connectivity index (χ1n) is 8.45. The van der Waals surface area contributed by atoms with Gasteiger partial charge in [-0.3, -0.25) is 25.8 Å². The molecule has 0 saturated heterocycles. The average molecular weight is 389 g/mol. The van der Waals surface area contributed by atoms with Gasteiger partial charge < -0.3 is 9.47 Å². The van der Waals surface area contributed by atoms with Crippen LogP contribution in [0.4, 0.5) is 14.9 Å². The van der Waals surface area contributed by atoms with E-state index in [1.807, 2.05) is 0 Å². The second kappa shape index (κ2) is 9.91. The first-order chi connectivity index (χ1) is 13.4. The van der Waals surface area contributed by atoms with E-state index in [9.17, 15) is 18.8 Å². The summed E-state index contributed by atoms with van der Waals surface area (Å²) in [5, 5.41) is 2.48. The summed E-state index contributed by atoms with van der Waals surface area (Å²) in [5.74, 6) is -1.29. The summed E-state index contributed by atoms with van der Waals surface area (Å²) in [5.41, 5.74) is 5.08. The molecule has 0 bridgehead atoms. The number of carbonyl (C=O) groups excluding carboxylic acids is 3. The van der Waals surface area contributed by atoms with Crippen LogP contribution in [0.1, 0.15) is 24.2 Å². The van der Waals surface area contributed by atoms with Crippen LogP contribution in [-0.4, -0.2) is 30.6 Å². The van der Waals surface area contributed by atoms with Gasteiger partial charge in [-0.05, 0) is 56.3 Å². The molecule has 0 spiro atoms. The summed E-state index contributed by atoms with van der Waals surface area (Å²) in [7, 11) is 0. The van der Waals surface area contributed by atoms with Gasteiger partial charge in [0.15, 0.2) is 6.10 Å². The minimum absolute atomic E-state index is 0.210. The maximum atomic E-state index is 12.9. The lowest BCUT2D eigenvalue weighted by Crippen LogP contribution is -2.47. The number of carbonyl (C=O) groups is 3. The number of benzene rings is 2. The summed E-state index contributed by atoms with van der Waals surface area (Å²) >= 11 is 0. The number of hydrogen-bond acceptors (Lipinski definition) is 5. The van der Waals surface area contributed by atoms with E-state index in [-0.39, 0.29) is 12.2 Å². The van der Waals surface area contributed by atoms with Crippen molar-refractivity contribution in [2.45, 2.75) is 20.0 Å². The Morgan fingerprint density at radius 1 is 1.07 bits per heavy atom. The molecule has 28 heavy (non-hydrogen) atoms. The lowest BCUT2D eigenvalue weighted by Gasteiger charge is -2.15. The van der Waals surface area contributed by atoms with Crippen molar-refractivity contribution in [3.8, 4) is 5.75 Å². The molecule has 2 rings (SSSR count). The van der Waals surface area contributed by atoms with Gasteiger partial charge in [0.05, 0.1) is 6.61 Å². The Bertz CT molecular complexity index is 842. The van der Waals surface area contributed by atoms with Crippen molar-refractivity contribution in [1.29, 1.82) is 0 Å². The standard InChI is InChI=1S/C19H20FN3O5/c1-3-27-19(26)21-15-6-4-5-13(11-15)18(25)23-22-17(24)12(2)28-16-9-7-14(20)8-10-16/h4-12H,3H2,1-2H3,(H,21,26)(H,22,24)(H,23,25)/t12-/m0/s1. The topological polar surface area (TPSA) is 106 Å². The van der Waals surface area contributed by atoms with Crippen molar-refractivity contribution in [1.82, 2.24) is 10.9 Å². The number of hydrazine groups is 1. The van der Waals surface area contributed by atoms with Crippen molar-refractivity contribution < 1.29 is 28.2 Å². The third kappa shape index (κ3) is 6.27. The molecular weight excluding hydrogens is 369 g/mol. The molecule has 0 aliphatic carbocycles. The Labute approximate surface area is 161 Å². The third-order valence-corrected chi connectivity index (χ3v) is 3.44. The molecule has 0 heterocycles. The predicted octanol–water partition coefficient (Wildman–Crippen LogP) is 2.62. The van der Waals surface area contributed by atoms with E-state index in [1.165, 1.54) is 43.3 Å². The summed E-state index contributed by atoms with van der Waals surface area (Å²) in [6, 6.07) is 11.3. The molecule has 0 unspecified atom stereocenters. The molecule has 8 nitrogen and oxygen atoms in total. The number of amides is 3. The smallest absolute Gasteiger partial charge is 0.411 e. The normalized spacial score (nSPS) is 11.1. The first-order valence-corrected chi connectivity index (χ1v) is 8.45. The Morgan fingerprint density at radius 3 is 2.46 bits per heavy atom. The Kier molecular flexibility index (Phi) is 7.32. The van der Waals surface area contributed by atoms with Crippen molar-refractivity contribution in [2.75, 3.05) is 11.9 Å². The highest BCUT2D eigenvalue weighted by atomic mass is 19.1. The van der Waals surface area contributed by atoms with Gasteiger partial charge in [-0.2, -0.15) is 0 Å². The van der Waals surface area contributed by atoms with Crippen LogP contribution in [0.2, 0.25) is 0 Å². The Morgan fingerprint density at radius 2 is 1.79 bits per heavy atom. The molecule has 3 N–H and O–H groups in total. The minimum Gasteiger partial charge on any atom is -0.481 e. The first kappa shape index (κ1) is 20.7. The van der Waals surface area contributed by atoms with Crippen LogP contribution in [0.25, 0.3) is 0 Å². The molecule has 9 heteroatoms. The maximum Gasteiger partial charge on any atom is 0.411 e. The van der Waals surface area contributed by atoms with Gasteiger partial charge in [-0.25, -0.2) is 9.18 Å². The van der Waals surface area contributed by atoms with Crippen LogP contribution in [0.15, 0.2) is 48.5 Å². The van der Waals surface area contributed by atoms with Gasteiger partial charge >= 0.3 is 6.09 Å². The maximum absolute atomic E-state index is 12.9. The van der Waals surface area contributed by atoms with Crippen molar-refractivity contribution in [2.24, 2.45) is 0 Å². The number of halogens is 1. The van der Waals surface area contributed by atoms with Gasteiger partial charge in [0.2, 0.25) is 0 Å². The summed E-state index contributed by atoms with van der Waals surface area (Å²) in [6.07, 6.45) is -1.57. The highest BCUT2D eigenvalue weighted by Gasteiger charge is 2.16. The quantitative estimate of drug-likeness (QED) is 0.659. The van der Waals surface area contributed by atoms with Gasteiger partial charge in [0, 0.05) is 11.3 Å². The van der Waals surface area contributed by atoms with E-state index >= 15 is 0 Å². The minimum atomic E-state index is -0.928. The number of nitrogens with one attached hydrogen (secondary N) is 3. The van der Waals surface area contributed by atoms with Gasteiger partial charge in [-0.1, -0.05) is 6.07 Å². The zero-order chi connectivity index (χ0) is 20.5. The second-order valence-electron chi connectivity index (χ2n) is 5.58. The second-order valence-corrected chi connectivity index (χ2v) is 5.58. The van der Waals surface area contributed by atoms with E-state index in [1.54, 1.807) is 19.1 Å². The number of rotatable bonds is 6. The lowest BCUT2D eigenvalue weighted by molar-refractivity contribution is -0.128. The number of ether oxygens (including phenoxy) is 2. The molecule has 1 atom stereocenters. The average Bonchev–Trinajstić information content (AvgIpc) is 2.68. The molecule has 0 aliphatic heterocycles. The molecule has 0 fully saturated rings. The fourth-order valence-corrected chi connectivity index (χ4v) is 2.09. The van der Waals surface area contributed by atoms with Crippen LogP contribution < -0.4 is 20.9 Å². The SMILES string of the molecule is CCOC(=O)Nc1cccc(C(=O)NNC(=O)[C@H](C)Oc2ccc(F)cc2)c1. The molecule has 2 aromatic carbocycles. The number of hydrogen-bond donors (Lipinski definition) is 3. The number of anilines is 1. The third-order valence-electron chi connectivity index (χ3n) is 3.44. The van der Waals surface area contributed by atoms with Crippen molar-refractivity contribution >= 4 is 23.6 Å². The van der Waals surface area contributed by atoms with Crippen LogP contribution in [0, 0.1) is 5.82 Å². The van der Waals surface area contributed by atoms with E-state index in [0.717, 1.165) is 0 Å². The van der Waals surface area contributed by atoms with Gasteiger partial charge in [0.1, 0.15) is 11.6 Å². The molecule has 0 saturated carbocycles. The summed E-state index contributed by atoms with van der Waals surface area (Å²) in [4.78, 5) is 35.6. The molecule has 3 amide bonds. The highest BCUT2D eigenvalue weighted by Crippen LogP contribution is 2.13. The lowest BCUT2D eigenvalue weighted by atomic mass is 10.2. The van der Waals surface area contributed by atoms with Gasteiger partial charge in [-0.15, -0.1) is 0 Å². The van der Waals surface area contributed by atoms with E-state index < -0.39 is 29.8 Å². The van der Waals surface area contributed by atoms with Crippen LogP contribution >= 0.6 is 0 Å². The summed E-state index contributed by atoms with van der Waals surface area (Å²) < 4.78 is 23.0. The van der Waals surface area contributed by atoms with Gasteiger partial charge in [0.25, 0.3) is 11.8 Å². The zero-order valence-electron chi connectivity index (χ0n) is 15.3. The Balaban J connectivity index is 1.87. The molecule has 0 aliphatic rings. The fraction of sp³-hybridized carbons (Fsp3) is 0.211. The Hall–Kier alpha value is -3.62. The molecular formula is C19H20FN3O5. The van der Waals surface area contributed by atoms with Crippen LogP contribution in [0.5, 0.6) is 5.75 Å². The van der Waals surface area contributed by atoms with Crippen molar-refractivity contribution in [3.63, 3.8) is 0 Å². The predicted molar refractivity (Wildman–Crippen MR) is 99.2 cm³/mol. The molecule has 2 aromatic rings. The molecule has 148 valence electrons. The highest BCUT2D eigenvalue weighted by molar-refractivity contribution is 5.97. The monoisotopic (exact) mass is 389 g/mol. The molecule has 0 aromatic heterocycles. The van der Waals surface area contributed by atoms with E-state index in [4.69, 9.17) is 9.47 Å². The summed E-state index contributed by atoms with van der Waals surface area (Å²) in [6.45, 7) is 3.37. The zero-order valence-corrected chi connectivity index (χ0v) is 15.3. The largest absolute Gasteiger partial charge is 0.481 e. The van der Waals surface area contributed by atoms with Crippen LogP contribution in [-0.2, 0) is 9.53 Å². The fourth-order valence-electron chi connectivity index (χ4n) is 2.09. The van der Waals surface area contributed by atoms with E-state index in [0.29, 0.717) is 11.4 Å². The van der Waals surface area contributed by atoms with E-state index in [2.05, 4.69) is 16.2 Å².